The summed E-state index contributed by atoms with van der Waals surface area (Å²) < 4.78 is 0. The summed E-state index contributed by atoms with van der Waals surface area (Å²) in [6.45, 7) is 0. The highest BCUT2D eigenvalue weighted by Crippen LogP contribution is 2.51. The maximum Gasteiger partial charge on any atom is 0.0475 e. The normalized spacial score (nSPS) is 37.9. The number of fused-ring (bicyclic) bond motifs is 2. The minimum atomic E-state index is 0.460. The SMILES string of the molecule is NC1CC2CCC(C1)N2C(c1cccs1)C1CC1. The Bertz CT molecular complexity index is 398. The second-order valence-corrected chi connectivity index (χ2v) is 7.34. The number of hydrogen-bond donors (Lipinski definition) is 1. The predicted molar refractivity (Wildman–Crippen MR) is 75.6 cm³/mol. The van der Waals surface area contributed by atoms with Crippen LogP contribution < -0.4 is 5.73 Å². The minimum Gasteiger partial charge on any atom is -0.328 e. The summed E-state index contributed by atoms with van der Waals surface area (Å²) in [6.07, 6.45) is 8.09. The highest BCUT2D eigenvalue weighted by atomic mass is 32.1. The van der Waals surface area contributed by atoms with Gasteiger partial charge in [0, 0.05) is 29.0 Å². The second kappa shape index (κ2) is 4.32. The molecule has 3 heterocycles. The molecule has 0 radical (unpaired) electrons. The third-order valence-corrected chi connectivity index (χ3v) is 5.99. The van der Waals surface area contributed by atoms with Crippen LogP contribution >= 0.6 is 11.3 Å². The molecule has 1 aromatic heterocycles. The van der Waals surface area contributed by atoms with Gasteiger partial charge < -0.3 is 5.73 Å². The monoisotopic (exact) mass is 262 g/mol. The third kappa shape index (κ3) is 1.84. The van der Waals surface area contributed by atoms with Crippen molar-refractivity contribution in [2.45, 2.75) is 62.7 Å². The van der Waals surface area contributed by atoms with E-state index in [1.165, 1.54) is 38.5 Å². The average Bonchev–Trinajstić information content (AvgIpc) is 2.97. The molecule has 2 nitrogen and oxygen atoms in total. The van der Waals surface area contributed by atoms with E-state index in [2.05, 4.69) is 22.4 Å². The topological polar surface area (TPSA) is 29.3 Å². The molecule has 98 valence electrons. The van der Waals surface area contributed by atoms with Gasteiger partial charge in [-0.25, -0.2) is 0 Å². The van der Waals surface area contributed by atoms with E-state index in [-0.39, 0.29) is 0 Å². The molecular formula is C15H22N2S. The lowest BCUT2D eigenvalue weighted by molar-refractivity contribution is 0.0673. The van der Waals surface area contributed by atoms with E-state index in [1.807, 2.05) is 11.3 Å². The summed E-state index contributed by atoms with van der Waals surface area (Å²) >= 11 is 1.95. The fraction of sp³-hybridized carbons (Fsp3) is 0.733. The summed E-state index contributed by atoms with van der Waals surface area (Å²) in [6, 6.07) is 7.28. The zero-order chi connectivity index (χ0) is 12.1. The van der Waals surface area contributed by atoms with E-state index in [0.29, 0.717) is 6.04 Å². The summed E-state index contributed by atoms with van der Waals surface area (Å²) in [4.78, 5) is 4.47. The molecule has 3 fully saturated rings. The van der Waals surface area contributed by atoms with Gasteiger partial charge in [-0.2, -0.15) is 0 Å². The van der Waals surface area contributed by atoms with Gasteiger partial charge >= 0.3 is 0 Å². The van der Waals surface area contributed by atoms with Gasteiger partial charge in [-0.15, -0.1) is 11.3 Å². The lowest BCUT2D eigenvalue weighted by Crippen LogP contribution is -2.49. The highest BCUT2D eigenvalue weighted by Gasteiger charge is 2.48. The molecule has 0 aromatic carbocycles. The standard InChI is InChI=1S/C15H22N2S/c16-11-8-12-5-6-13(9-11)17(12)15(10-3-4-10)14-2-1-7-18-14/h1-2,7,10-13,15H,3-6,8-9,16H2. The molecule has 2 aliphatic heterocycles. The zero-order valence-electron chi connectivity index (χ0n) is 10.8. The van der Waals surface area contributed by atoms with Gasteiger partial charge in [-0.3, -0.25) is 4.90 Å². The zero-order valence-corrected chi connectivity index (χ0v) is 11.6. The van der Waals surface area contributed by atoms with E-state index in [9.17, 15) is 0 Å². The largest absolute Gasteiger partial charge is 0.328 e. The van der Waals surface area contributed by atoms with E-state index < -0.39 is 0 Å². The number of thiophene rings is 1. The average molecular weight is 262 g/mol. The third-order valence-electron chi connectivity index (χ3n) is 5.05. The highest BCUT2D eigenvalue weighted by molar-refractivity contribution is 7.10. The fourth-order valence-corrected chi connectivity index (χ4v) is 5.13. The van der Waals surface area contributed by atoms with Crippen molar-refractivity contribution in [2.24, 2.45) is 11.7 Å². The summed E-state index contributed by atoms with van der Waals surface area (Å²) in [7, 11) is 0. The lowest BCUT2D eigenvalue weighted by Gasteiger charge is -2.42. The molecule has 1 aromatic rings. The predicted octanol–water partition coefficient (Wildman–Crippen LogP) is 3.15. The van der Waals surface area contributed by atoms with Crippen LogP contribution in [0.4, 0.5) is 0 Å². The molecule has 1 saturated carbocycles. The molecule has 3 atom stereocenters. The Morgan fingerprint density at radius 3 is 2.44 bits per heavy atom. The van der Waals surface area contributed by atoms with Gasteiger partial charge in [0.25, 0.3) is 0 Å². The smallest absolute Gasteiger partial charge is 0.0475 e. The Morgan fingerprint density at radius 2 is 1.89 bits per heavy atom. The van der Waals surface area contributed by atoms with Crippen molar-refractivity contribution in [3.8, 4) is 0 Å². The summed E-state index contributed by atoms with van der Waals surface area (Å²) in [5, 5.41) is 2.24. The summed E-state index contributed by atoms with van der Waals surface area (Å²) in [5.41, 5.74) is 6.20. The second-order valence-electron chi connectivity index (χ2n) is 6.36. The van der Waals surface area contributed by atoms with E-state index in [4.69, 9.17) is 5.73 Å². The van der Waals surface area contributed by atoms with Crippen LogP contribution in [0.5, 0.6) is 0 Å². The van der Waals surface area contributed by atoms with Crippen molar-refractivity contribution in [1.29, 1.82) is 0 Å². The van der Waals surface area contributed by atoms with Crippen LogP contribution in [0.15, 0.2) is 17.5 Å². The molecule has 18 heavy (non-hydrogen) atoms. The van der Waals surface area contributed by atoms with Gasteiger partial charge in [-0.1, -0.05) is 6.07 Å². The van der Waals surface area contributed by atoms with Crippen LogP contribution in [0.2, 0.25) is 0 Å². The number of nitrogens with zero attached hydrogens (tertiary/aromatic N) is 1. The van der Waals surface area contributed by atoms with Crippen LogP contribution in [0.25, 0.3) is 0 Å². The van der Waals surface area contributed by atoms with Crippen LogP contribution in [0, 0.1) is 5.92 Å². The fourth-order valence-electron chi connectivity index (χ4n) is 4.20. The number of hydrogen-bond acceptors (Lipinski definition) is 3. The van der Waals surface area contributed by atoms with E-state index in [0.717, 1.165) is 24.0 Å². The summed E-state index contributed by atoms with van der Waals surface area (Å²) in [5.74, 6) is 0.932. The van der Waals surface area contributed by atoms with Crippen molar-refractivity contribution >= 4 is 11.3 Å². The molecule has 0 amide bonds. The Balaban J connectivity index is 1.64. The first-order valence-corrected chi connectivity index (χ1v) is 8.27. The molecule has 1 aliphatic carbocycles. The van der Waals surface area contributed by atoms with Crippen molar-refractivity contribution < 1.29 is 0 Å². The van der Waals surface area contributed by atoms with Crippen LogP contribution in [0.1, 0.15) is 49.4 Å². The lowest BCUT2D eigenvalue weighted by atomic mass is 9.94. The first-order chi connectivity index (χ1) is 8.83. The van der Waals surface area contributed by atoms with Gasteiger partial charge in [0.1, 0.15) is 0 Å². The maximum atomic E-state index is 6.20. The molecule has 3 heteroatoms. The van der Waals surface area contributed by atoms with Crippen LogP contribution in [-0.2, 0) is 0 Å². The Morgan fingerprint density at radius 1 is 1.17 bits per heavy atom. The van der Waals surface area contributed by atoms with Gasteiger partial charge in [0.05, 0.1) is 0 Å². The molecule has 3 aliphatic rings. The molecule has 3 unspecified atom stereocenters. The number of nitrogens with two attached hydrogens (primary N) is 1. The minimum absolute atomic E-state index is 0.460. The van der Waals surface area contributed by atoms with E-state index in [1.54, 1.807) is 4.88 Å². The van der Waals surface area contributed by atoms with Gasteiger partial charge in [0.15, 0.2) is 0 Å². The van der Waals surface area contributed by atoms with Crippen LogP contribution in [-0.4, -0.2) is 23.0 Å². The Hall–Kier alpha value is -0.380. The van der Waals surface area contributed by atoms with Crippen molar-refractivity contribution in [1.82, 2.24) is 4.90 Å². The molecule has 4 rings (SSSR count). The Kier molecular flexibility index (Phi) is 2.75. The molecule has 0 spiro atoms. The van der Waals surface area contributed by atoms with Gasteiger partial charge in [-0.05, 0) is 55.9 Å². The molecule has 2 N–H and O–H groups in total. The van der Waals surface area contributed by atoms with Crippen molar-refractivity contribution in [3.63, 3.8) is 0 Å². The maximum absolute atomic E-state index is 6.20. The van der Waals surface area contributed by atoms with Crippen molar-refractivity contribution in [3.05, 3.63) is 22.4 Å². The number of rotatable bonds is 3. The van der Waals surface area contributed by atoms with Gasteiger partial charge in [0.2, 0.25) is 0 Å². The first-order valence-electron chi connectivity index (χ1n) is 7.39. The number of piperidine rings is 1. The molecule has 2 saturated heterocycles. The van der Waals surface area contributed by atoms with Crippen molar-refractivity contribution in [2.75, 3.05) is 0 Å². The first kappa shape index (κ1) is 11.4. The molecular weight excluding hydrogens is 240 g/mol. The molecule has 2 bridgehead atoms. The van der Waals surface area contributed by atoms with Crippen LogP contribution in [0.3, 0.4) is 0 Å². The van der Waals surface area contributed by atoms with E-state index >= 15 is 0 Å². The Labute approximate surface area is 113 Å². The quantitative estimate of drug-likeness (QED) is 0.906.